The van der Waals surface area contributed by atoms with Crippen LogP contribution in [0.2, 0.25) is 0 Å². The average Bonchev–Trinajstić information content (AvgIpc) is 2.26. The number of benzene rings is 1. The van der Waals surface area contributed by atoms with E-state index in [0.29, 0.717) is 11.7 Å². The van der Waals surface area contributed by atoms with Gasteiger partial charge in [0.05, 0.1) is 0 Å². The standard InChI is InChI=1S/C14H19NO/c1-9-4-5-13(15-8-9)12-6-10(2)14(16)11(3)7-12/h6-7,9,16H,4-5,8H2,1-3H3. The molecule has 1 N–H and O–H groups in total. The highest BCUT2D eigenvalue weighted by atomic mass is 16.3. The molecule has 1 aromatic carbocycles. The second kappa shape index (κ2) is 4.28. The van der Waals surface area contributed by atoms with Crippen molar-refractivity contribution in [3.63, 3.8) is 0 Å². The third-order valence-electron chi connectivity index (χ3n) is 3.29. The Labute approximate surface area is 97.0 Å². The molecule has 0 radical (unpaired) electrons. The van der Waals surface area contributed by atoms with Crippen LogP contribution in [0.3, 0.4) is 0 Å². The molecule has 0 aliphatic carbocycles. The molecule has 0 spiro atoms. The summed E-state index contributed by atoms with van der Waals surface area (Å²) in [6.45, 7) is 7.07. The largest absolute Gasteiger partial charge is 0.507 e. The highest BCUT2D eigenvalue weighted by Gasteiger charge is 2.14. The quantitative estimate of drug-likeness (QED) is 0.769. The summed E-state index contributed by atoms with van der Waals surface area (Å²) in [6, 6.07) is 4.08. The van der Waals surface area contributed by atoms with Crippen LogP contribution < -0.4 is 0 Å². The van der Waals surface area contributed by atoms with E-state index in [1.807, 2.05) is 26.0 Å². The highest BCUT2D eigenvalue weighted by molar-refractivity contribution is 6.01. The maximum Gasteiger partial charge on any atom is 0.121 e. The molecule has 2 heteroatoms. The molecule has 16 heavy (non-hydrogen) atoms. The zero-order chi connectivity index (χ0) is 11.7. The summed E-state index contributed by atoms with van der Waals surface area (Å²) in [4.78, 5) is 4.63. The van der Waals surface area contributed by atoms with Gasteiger partial charge in [0.1, 0.15) is 5.75 Å². The van der Waals surface area contributed by atoms with Gasteiger partial charge in [-0.15, -0.1) is 0 Å². The van der Waals surface area contributed by atoms with Gasteiger partial charge in [-0.1, -0.05) is 6.92 Å². The second-order valence-corrected chi connectivity index (χ2v) is 4.89. The minimum absolute atomic E-state index is 0.411. The van der Waals surface area contributed by atoms with Gasteiger partial charge in [-0.2, -0.15) is 0 Å². The van der Waals surface area contributed by atoms with Gasteiger partial charge in [-0.05, 0) is 61.4 Å². The summed E-state index contributed by atoms with van der Waals surface area (Å²) < 4.78 is 0. The first kappa shape index (κ1) is 11.2. The number of phenolic OH excluding ortho intramolecular Hbond substituents is 1. The van der Waals surface area contributed by atoms with E-state index >= 15 is 0 Å². The van der Waals surface area contributed by atoms with Crippen LogP contribution in [0.4, 0.5) is 0 Å². The fraction of sp³-hybridized carbons (Fsp3) is 0.500. The van der Waals surface area contributed by atoms with Crippen LogP contribution in [0.1, 0.15) is 36.5 Å². The Kier molecular flexibility index (Phi) is 2.99. The summed E-state index contributed by atoms with van der Waals surface area (Å²) in [6.07, 6.45) is 2.28. The minimum atomic E-state index is 0.411. The molecule has 1 aromatic rings. The smallest absolute Gasteiger partial charge is 0.121 e. The predicted molar refractivity (Wildman–Crippen MR) is 67.4 cm³/mol. The van der Waals surface area contributed by atoms with E-state index < -0.39 is 0 Å². The molecule has 2 rings (SSSR count). The minimum Gasteiger partial charge on any atom is -0.507 e. The van der Waals surface area contributed by atoms with E-state index in [1.165, 1.54) is 17.7 Å². The van der Waals surface area contributed by atoms with Crippen LogP contribution in [-0.2, 0) is 0 Å². The second-order valence-electron chi connectivity index (χ2n) is 4.89. The third-order valence-corrected chi connectivity index (χ3v) is 3.29. The molecule has 1 heterocycles. The number of aliphatic imine (C=N–C) groups is 1. The number of hydrogen-bond donors (Lipinski definition) is 1. The summed E-state index contributed by atoms with van der Waals surface area (Å²) in [5.41, 5.74) is 4.26. The Hall–Kier alpha value is -1.31. The summed E-state index contributed by atoms with van der Waals surface area (Å²) in [7, 11) is 0. The maximum absolute atomic E-state index is 9.73. The third kappa shape index (κ3) is 2.11. The van der Waals surface area contributed by atoms with Gasteiger partial charge < -0.3 is 5.11 Å². The Morgan fingerprint density at radius 3 is 2.38 bits per heavy atom. The van der Waals surface area contributed by atoms with Crippen molar-refractivity contribution in [3.8, 4) is 5.75 Å². The molecule has 2 nitrogen and oxygen atoms in total. The molecule has 86 valence electrons. The van der Waals surface area contributed by atoms with Crippen LogP contribution in [-0.4, -0.2) is 17.4 Å². The molecule has 1 atom stereocenters. The van der Waals surface area contributed by atoms with Gasteiger partial charge in [-0.25, -0.2) is 0 Å². The number of nitrogens with zero attached hydrogens (tertiary/aromatic N) is 1. The topological polar surface area (TPSA) is 32.6 Å². The van der Waals surface area contributed by atoms with Gasteiger partial charge in [0.2, 0.25) is 0 Å². The van der Waals surface area contributed by atoms with E-state index in [-0.39, 0.29) is 0 Å². The lowest BCUT2D eigenvalue weighted by Crippen LogP contribution is -2.14. The SMILES string of the molecule is Cc1cc(C2=NCC(C)CC2)cc(C)c1O. The van der Waals surface area contributed by atoms with Gasteiger partial charge in [0.15, 0.2) is 0 Å². The Balaban J connectivity index is 2.35. The lowest BCUT2D eigenvalue weighted by Gasteiger charge is -2.18. The van der Waals surface area contributed by atoms with Crippen molar-refractivity contribution in [2.45, 2.75) is 33.6 Å². The first-order valence-electron chi connectivity index (χ1n) is 5.92. The monoisotopic (exact) mass is 217 g/mol. The average molecular weight is 217 g/mol. The normalized spacial score (nSPS) is 20.7. The zero-order valence-electron chi connectivity index (χ0n) is 10.2. The van der Waals surface area contributed by atoms with Crippen molar-refractivity contribution < 1.29 is 5.11 Å². The molecule has 0 aromatic heterocycles. The fourth-order valence-electron chi connectivity index (χ4n) is 2.18. The summed E-state index contributed by atoms with van der Waals surface area (Å²) >= 11 is 0. The number of phenols is 1. The van der Waals surface area contributed by atoms with Crippen molar-refractivity contribution in [3.05, 3.63) is 28.8 Å². The number of rotatable bonds is 1. The van der Waals surface area contributed by atoms with Crippen LogP contribution >= 0.6 is 0 Å². The van der Waals surface area contributed by atoms with Crippen LogP contribution in [0.15, 0.2) is 17.1 Å². The lowest BCUT2D eigenvalue weighted by atomic mass is 9.94. The van der Waals surface area contributed by atoms with Crippen molar-refractivity contribution in [2.24, 2.45) is 10.9 Å². The number of hydrogen-bond acceptors (Lipinski definition) is 2. The van der Waals surface area contributed by atoms with Gasteiger partial charge in [0.25, 0.3) is 0 Å². The number of aryl methyl sites for hydroxylation is 2. The molecule has 1 aliphatic rings. The molecule has 0 fully saturated rings. The van der Waals surface area contributed by atoms with E-state index in [2.05, 4.69) is 11.9 Å². The molecular weight excluding hydrogens is 198 g/mol. The van der Waals surface area contributed by atoms with Crippen LogP contribution in [0.5, 0.6) is 5.75 Å². The van der Waals surface area contributed by atoms with Crippen molar-refractivity contribution >= 4 is 5.71 Å². The molecule has 0 saturated carbocycles. The van der Waals surface area contributed by atoms with E-state index in [1.54, 1.807) is 0 Å². The molecule has 1 aliphatic heterocycles. The molecule has 0 bridgehead atoms. The van der Waals surface area contributed by atoms with E-state index in [4.69, 9.17) is 0 Å². The molecular formula is C14H19NO. The fourth-order valence-corrected chi connectivity index (χ4v) is 2.18. The zero-order valence-corrected chi connectivity index (χ0v) is 10.2. The lowest BCUT2D eigenvalue weighted by molar-refractivity contribution is 0.467. The van der Waals surface area contributed by atoms with Crippen molar-refractivity contribution in [1.29, 1.82) is 0 Å². The first-order valence-corrected chi connectivity index (χ1v) is 5.92. The maximum atomic E-state index is 9.73. The summed E-state index contributed by atoms with van der Waals surface area (Å²) in [5.74, 6) is 1.12. The highest BCUT2D eigenvalue weighted by Crippen LogP contribution is 2.25. The van der Waals surface area contributed by atoms with E-state index in [9.17, 15) is 5.11 Å². The Morgan fingerprint density at radius 1 is 1.25 bits per heavy atom. The van der Waals surface area contributed by atoms with Gasteiger partial charge in [-0.3, -0.25) is 4.99 Å². The van der Waals surface area contributed by atoms with Crippen LogP contribution in [0.25, 0.3) is 0 Å². The van der Waals surface area contributed by atoms with Crippen molar-refractivity contribution in [2.75, 3.05) is 6.54 Å². The molecule has 0 amide bonds. The first-order chi connectivity index (χ1) is 7.58. The van der Waals surface area contributed by atoms with Gasteiger partial charge in [0, 0.05) is 12.3 Å². The van der Waals surface area contributed by atoms with Gasteiger partial charge >= 0.3 is 0 Å². The predicted octanol–water partition coefficient (Wildman–Crippen LogP) is 3.23. The summed E-state index contributed by atoms with van der Waals surface area (Å²) in [5, 5.41) is 9.73. The van der Waals surface area contributed by atoms with Crippen molar-refractivity contribution in [1.82, 2.24) is 0 Å². The van der Waals surface area contributed by atoms with Crippen LogP contribution in [0, 0.1) is 19.8 Å². The van der Waals surface area contributed by atoms with E-state index in [0.717, 1.165) is 24.1 Å². The Bertz CT molecular complexity index is 411. The number of aromatic hydroxyl groups is 1. The molecule has 1 unspecified atom stereocenters. The Morgan fingerprint density at radius 2 is 1.88 bits per heavy atom. The molecule has 0 saturated heterocycles.